The quantitative estimate of drug-likeness (QED) is 0.715. The molecule has 3 nitrogen and oxygen atoms in total. The first kappa shape index (κ1) is 11.2. The Kier molecular flexibility index (Phi) is 2.62. The summed E-state index contributed by atoms with van der Waals surface area (Å²) in [5, 5.41) is 20.2. The van der Waals surface area contributed by atoms with Gasteiger partial charge in [0.05, 0.1) is 0 Å². The molecule has 90 valence electrons. The van der Waals surface area contributed by atoms with Crippen LogP contribution in [0.3, 0.4) is 0 Å². The van der Waals surface area contributed by atoms with E-state index in [1.165, 1.54) is 0 Å². The monoisotopic (exact) mass is 246 g/mol. The van der Waals surface area contributed by atoms with Crippen LogP contribution in [0.25, 0.3) is 21.9 Å². The van der Waals surface area contributed by atoms with E-state index in [-0.39, 0.29) is 5.75 Å². The summed E-state index contributed by atoms with van der Waals surface area (Å²) in [6.45, 7) is 0. The van der Waals surface area contributed by atoms with Gasteiger partial charge in [0.2, 0.25) is 0 Å². The number of pyridine rings is 1. The molecule has 0 aliphatic heterocycles. The number of hydrogen-bond acceptors (Lipinski definition) is 3. The third-order valence-corrected chi connectivity index (χ3v) is 3.04. The maximum Gasteiger partial charge on any atom is 0.140 e. The van der Waals surface area contributed by atoms with Crippen molar-refractivity contribution in [2.24, 2.45) is 0 Å². The molecule has 1 N–H and O–H groups in total. The Bertz CT molecular complexity index is 786. The fourth-order valence-electron chi connectivity index (χ4n) is 2.04. The van der Waals surface area contributed by atoms with Crippen molar-refractivity contribution in [1.29, 1.82) is 5.26 Å². The molecular formula is C16H10N2O. The van der Waals surface area contributed by atoms with Crippen molar-refractivity contribution in [1.82, 2.24) is 4.98 Å². The van der Waals surface area contributed by atoms with Crippen LogP contribution < -0.4 is 0 Å². The Hall–Kier alpha value is -2.86. The van der Waals surface area contributed by atoms with Crippen molar-refractivity contribution in [2.45, 2.75) is 0 Å². The van der Waals surface area contributed by atoms with Crippen LogP contribution in [0.15, 0.2) is 54.7 Å². The normalized spacial score (nSPS) is 10.3. The molecule has 1 aromatic heterocycles. The summed E-state index contributed by atoms with van der Waals surface area (Å²) in [4.78, 5) is 4.07. The fraction of sp³-hybridized carbons (Fsp3) is 0. The number of aromatic hydroxyl groups is 1. The average Bonchev–Trinajstić information content (AvgIpc) is 2.47. The Morgan fingerprint density at radius 3 is 2.37 bits per heavy atom. The van der Waals surface area contributed by atoms with Crippen LogP contribution in [0.2, 0.25) is 0 Å². The Morgan fingerprint density at radius 1 is 0.895 bits per heavy atom. The van der Waals surface area contributed by atoms with E-state index in [1.54, 1.807) is 24.4 Å². The van der Waals surface area contributed by atoms with Crippen molar-refractivity contribution >= 4 is 10.8 Å². The van der Waals surface area contributed by atoms with Crippen LogP contribution in [0.1, 0.15) is 5.69 Å². The molecule has 0 fully saturated rings. The zero-order valence-electron chi connectivity index (χ0n) is 10.0. The van der Waals surface area contributed by atoms with Crippen LogP contribution in [0.4, 0.5) is 0 Å². The topological polar surface area (TPSA) is 56.9 Å². The van der Waals surface area contributed by atoms with Crippen molar-refractivity contribution < 1.29 is 5.11 Å². The highest BCUT2D eigenvalue weighted by Gasteiger charge is 2.01. The van der Waals surface area contributed by atoms with Crippen LogP contribution in [0, 0.1) is 11.3 Å². The minimum atomic E-state index is 0.264. The third-order valence-electron chi connectivity index (χ3n) is 3.04. The van der Waals surface area contributed by atoms with E-state index in [0.717, 1.165) is 21.9 Å². The number of benzene rings is 2. The third kappa shape index (κ3) is 2.12. The van der Waals surface area contributed by atoms with E-state index in [9.17, 15) is 5.11 Å². The Labute approximate surface area is 110 Å². The van der Waals surface area contributed by atoms with E-state index in [4.69, 9.17) is 5.26 Å². The van der Waals surface area contributed by atoms with Gasteiger partial charge in [-0.05, 0) is 46.7 Å². The number of fused-ring (bicyclic) bond motifs is 1. The molecule has 0 spiro atoms. The minimum Gasteiger partial charge on any atom is -0.508 e. The molecule has 0 aliphatic rings. The SMILES string of the molecule is N#Cc1ccc(-c2ccc3cc(O)ccc3c2)cn1. The summed E-state index contributed by atoms with van der Waals surface area (Å²) in [6.07, 6.45) is 1.69. The van der Waals surface area contributed by atoms with E-state index in [2.05, 4.69) is 4.98 Å². The van der Waals surface area contributed by atoms with E-state index >= 15 is 0 Å². The van der Waals surface area contributed by atoms with Crippen LogP contribution in [0.5, 0.6) is 5.75 Å². The first-order valence-electron chi connectivity index (χ1n) is 5.85. The molecule has 1 heterocycles. The second-order valence-electron chi connectivity index (χ2n) is 4.29. The molecule has 0 amide bonds. The second kappa shape index (κ2) is 4.43. The lowest BCUT2D eigenvalue weighted by molar-refractivity contribution is 0.476. The predicted molar refractivity (Wildman–Crippen MR) is 73.6 cm³/mol. The summed E-state index contributed by atoms with van der Waals surface area (Å²) in [7, 11) is 0. The van der Waals surface area contributed by atoms with Gasteiger partial charge in [-0.15, -0.1) is 0 Å². The molecule has 0 saturated heterocycles. The molecule has 2 aromatic carbocycles. The lowest BCUT2D eigenvalue weighted by atomic mass is 10.0. The molecule has 0 aliphatic carbocycles. The molecular weight excluding hydrogens is 236 g/mol. The smallest absolute Gasteiger partial charge is 0.140 e. The van der Waals surface area contributed by atoms with Crippen molar-refractivity contribution in [2.75, 3.05) is 0 Å². The largest absolute Gasteiger partial charge is 0.508 e. The van der Waals surface area contributed by atoms with Gasteiger partial charge in [0.1, 0.15) is 17.5 Å². The van der Waals surface area contributed by atoms with Crippen molar-refractivity contribution in [3.63, 3.8) is 0 Å². The molecule has 0 unspecified atom stereocenters. The number of aromatic nitrogens is 1. The molecule has 0 atom stereocenters. The number of phenolic OH excluding ortho intramolecular Hbond substituents is 1. The van der Waals surface area contributed by atoms with E-state index in [0.29, 0.717) is 5.69 Å². The Balaban J connectivity index is 2.09. The van der Waals surface area contributed by atoms with Gasteiger partial charge in [-0.3, -0.25) is 0 Å². The number of phenols is 1. The number of rotatable bonds is 1. The highest BCUT2D eigenvalue weighted by molar-refractivity contribution is 5.88. The molecule has 0 saturated carbocycles. The molecule has 0 bridgehead atoms. The van der Waals surface area contributed by atoms with Gasteiger partial charge in [-0.1, -0.05) is 18.2 Å². The van der Waals surface area contributed by atoms with Crippen molar-refractivity contribution in [3.05, 3.63) is 60.4 Å². The van der Waals surface area contributed by atoms with E-state index in [1.807, 2.05) is 36.4 Å². The minimum absolute atomic E-state index is 0.264. The first-order chi connectivity index (χ1) is 9.26. The predicted octanol–water partition coefficient (Wildman–Crippen LogP) is 3.48. The molecule has 3 aromatic rings. The number of nitriles is 1. The number of nitrogens with zero attached hydrogens (tertiary/aromatic N) is 2. The highest BCUT2D eigenvalue weighted by atomic mass is 16.3. The Morgan fingerprint density at radius 2 is 1.63 bits per heavy atom. The summed E-state index contributed by atoms with van der Waals surface area (Å²) in [6, 6.07) is 16.8. The first-order valence-corrected chi connectivity index (χ1v) is 5.85. The van der Waals surface area contributed by atoms with Crippen LogP contribution in [-0.2, 0) is 0 Å². The maximum atomic E-state index is 9.43. The van der Waals surface area contributed by atoms with Gasteiger partial charge in [0, 0.05) is 11.8 Å². The summed E-state index contributed by atoms with van der Waals surface area (Å²) >= 11 is 0. The van der Waals surface area contributed by atoms with Crippen molar-refractivity contribution in [3.8, 4) is 22.9 Å². The van der Waals surface area contributed by atoms with Gasteiger partial charge >= 0.3 is 0 Å². The van der Waals surface area contributed by atoms with E-state index < -0.39 is 0 Å². The van der Waals surface area contributed by atoms with Gasteiger partial charge in [0.15, 0.2) is 0 Å². The number of hydrogen-bond donors (Lipinski definition) is 1. The summed E-state index contributed by atoms with van der Waals surface area (Å²) in [5.74, 6) is 0.264. The zero-order valence-corrected chi connectivity index (χ0v) is 10.0. The zero-order chi connectivity index (χ0) is 13.2. The average molecular weight is 246 g/mol. The summed E-state index contributed by atoms with van der Waals surface area (Å²) < 4.78 is 0. The maximum absolute atomic E-state index is 9.43. The molecule has 19 heavy (non-hydrogen) atoms. The van der Waals surface area contributed by atoms with Crippen LogP contribution in [-0.4, -0.2) is 10.1 Å². The van der Waals surface area contributed by atoms with Gasteiger partial charge in [0.25, 0.3) is 0 Å². The lowest BCUT2D eigenvalue weighted by Crippen LogP contribution is -1.84. The standard InChI is InChI=1S/C16H10N2O/c17-9-15-5-3-14(10-18-15)12-1-2-13-8-16(19)6-4-11(13)7-12/h1-8,10,19H. The van der Waals surface area contributed by atoms with Gasteiger partial charge < -0.3 is 5.11 Å². The molecule has 3 heteroatoms. The lowest BCUT2D eigenvalue weighted by Gasteiger charge is -2.04. The molecule has 3 rings (SSSR count). The second-order valence-corrected chi connectivity index (χ2v) is 4.29. The summed E-state index contributed by atoms with van der Waals surface area (Å²) in [5.41, 5.74) is 2.42. The fourth-order valence-corrected chi connectivity index (χ4v) is 2.04. The van der Waals surface area contributed by atoms with Gasteiger partial charge in [-0.25, -0.2) is 4.98 Å². The van der Waals surface area contributed by atoms with Gasteiger partial charge in [-0.2, -0.15) is 5.26 Å². The van der Waals surface area contributed by atoms with Crippen LogP contribution >= 0.6 is 0 Å². The molecule has 0 radical (unpaired) electrons. The highest BCUT2D eigenvalue weighted by Crippen LogP contribution is 2.26.